The van der Waals surface area contributed by atoms with Crippen molar-refractivity contribution < 1.29 is 9.53 Å². The van der Waals surface area contributed by atoms with Crippen molar-refractivity contribution >= 4 is 5.97 Å². The maximum Gasteiger partial charge on any atom is 0.305 e. The Hall–Kier alpha value is -1.86. The molecular formula is C15H20N2O2. The first-order chi connectivity index (χ1) is 9.17. The molecular weight excluding hydrogens is 240 g/mol. The fourth-order valence-electron chi connectivity index (χ4n) is 1.90. The monoisotopic (exact) mass is 260 g/mol. The highest BCUT2D eigenvalue weighted by Gasteiger charge is 2.13. The number of rotatable bonds is 7. The third kappa shape index (κ3) is 5.54. The van der Waals surface area contributed by atoms with Crippen LogP contribution in [0, 0.1) is 11.3 Å². The Morgan fingerprint density at radius 1 is 1.42 bits per heavy atom. The summed E-state index contributed by atoms with van der Waals surface area (Å²) in [7, 11) is 3.36. The van der Waals surface area contributed by atoms with Crippen LogP contribution in [0.5, 0.6) is 0 Å². The molecule has 0 saturated heterocycles. The van der Waals surface area contributed by atoms with Gasteiger partial charge in [0, 0.05) is 13.0 Å². The molecule has 1 atom stereocenters. The average molecular weight is 260 g/mol. The number of ether oxygens (including phenoxy) is 1. The molecule has 1 rings (SSSR count). The van der Waals surface area contributed by atoms with Gasteiger partial charge in [-0.3, -0.25) is 4.79 Å². The minimum absolute atomic E-state index is 0.135. The maximum atomic E-state index is 11.0. The quantitative estimate of drug-likeness (QED) is 0.705. The fraction of sp³-hybridized carbons (Fsp3) is 0.467. The normalized spacial score (nSPS) is 11.9. The Kier molecular flexibility index (Phi) is 6.62. The molecule has 0 aliphatic rings. The van der Waals surface area contributed by atoms with Crippen molar-refractivity contribution in [3.8, 4) is 6.07 Å². The molecule has 19 heavy (non-hydrogen) atoms. The molecule has 4 heteroatoms. The van der Waals surface area contributed by atoms with E-state index in [1.165, 1.54) is 7.11 Å². The number of esters is 1. The van der Waals surface area contributed by atoms with Gasteiger partial charge in [0.05, 0.1) is 19.1 Å². The second kappa shape index (κ2) is 8.28. The van der Waals surface area contributed by atoms with E-state index in [1.807, 2.05) is 37.4 Å². The Labute approximate surface area is 114 Å². The topological polar surface area (TPSA) is 53.3 Å². The summed E-state index contributed by atoms with van der Waals surface area (Å²) >= 11 is 0. The molecule has 1 aromatic rings. The predicted molar refractivity (Wildman–Crippen MR) is 73.5 cm³/mol. The number of hydrogen-bond donors (Lipinski definition) is 0. The van der Waals surface area contributed by atoms with Crippen LogP contribution < -0.4 is 0 Å². The zero-order valence-electron chi connectivity index (χ0n) is 11.5. The van der Waals surface area contributed by atoms with Crippen molar-refractivity contribution in [1.29, 1.82) is 5.26 Å². The summed E-state index contributed by atoms with van der Waals surface area (Å²) < 4.78 is 4.59. The van der Waals surface area contributed by atoms with Crippen LogP contribution in [0.2, 0.25) is 0 Å². The van der Waals surface area contributed by atoms with Gasteiger partial charge in [0.25, 0.3) is 0 Å². The molecule has 0 fully saturated rings. The lowest BCUT2D eigenvalue weighted by atomic mass is 10.0. The zero-order valence-corrected chi connectivity index (χ0v) is 11.5. The molecule has 0 heterocycles. The van der Waals surface area contributed by atoms with E-state index in [-0.39, 0.29) is 11.9 Å². The first-order valence-electron chi connectivity index (χ1n) is 6.37. The van der Waals surface area contributed by atoms with E-state index in [0.29, 0.717) is 13.0 Å². The van der Waals surface area contributed by atoms with Crippen LogP contribution in [-0.2, 0) is 9.53 Å². The van der Waals surface area contributed by atoms with Crippen LogP contribution in [0.4, 0.5) is 0 Å². The summed E-state index contributed by atoms with van der Waals surface area (Å²) in [5.41, 5.74) is 1.03. The summed E-state index contributed by atoms with van der Waals surface area (Å²) in [4.78, 5) is 13.1. The Bertz CT molecular complexity index is 426. The highest BCUT2D eigenvalue weighted by Crippen LogP contribution is 2.15. The van der Waals surface area contributed by atoms with Gasteiger partial charge in [0.15, 0.2) is 0 Å². The standard InChI is InChI=1S/C15H20N2O2/c1-17(10-6-9-15(18)19-2)12-14(11-16)13-7-4-3-5-8-13/h3-5,7-8,14H,6,9-10,12H2,1-2H3. The first-order valence-corrected chi connectivity index (χ1v) is 6.37. The maximum absolute atomic E-state index is 11.0. The second-order valence-electron chi connectivity index (χ2n) is 4.53. The van der Waals surface area contributed by atoms with Crippen molar-refractivity contribution in [1.82, 2.24) is 4.90 Å². The van der Waals surface area contributed by atoms with E-state index in [2.05, 4.69) is 15.7 Å². The van der Waals surface area contributed by atoms with Crippen LogP contribution in [0.25, 0.3) is 0 Å². The average Bonchev–Trinajstić information content (AvgIpc) is 2.45. The molecule has 0 amide bonds. The van der Waals surface area contributed by atoms with E-state index in [9.17, 15) is 10.1 Å². The van der Waals surface area contributed by atoms with Crippen LogP contribution in [0.15, 0.2) is 30.3 Å². The van der Waals surface area contributed by atoms with Crippen LogP contribution >= 0.6 is 0 Å². The number of methoxy groups -OCH3 is 1. The molecule has 0 N–H and O–H groups in total. The SMILES string of the molecule is COC(=O)CCCN(C)CC(C#N)c1ccccc1. The molecule has 4 nitrogen and oxygen atoms in total. The van der Waals surface area contributed by atoms with Gasteiger partial charge < -0.3 is 9.64 Å². The van der Waals surface area contributed by atoms with Crippen LogP contribution in [0.3, 0.4) is 0 Å². The van der Waals surface area contributed by atoms with Crippen molar-refractivity contribution in [2.75, 3.05) is 27.2 Å². The third-order valence-corrected chi connectivity index (χ3v) is 3.00. The lowest BCUT2D eigenvalue weighted by molar-refractivity contribution is -0.140. The number of benzene rings is 1. The highest BCUT2D eigenvalue weighted by atomic mass is 16.5. The van der Waals surface area contributed by atoms with Gasteiger partial charge >= 0.3 is 5.97 Å². The molecule has 1 aromatic carbocycles. The van der Waals surface area contributed by atoms with E-state index in [0.717, 1.165) is 18.5 Å². The van der Waals surface area contributed by atoms with Gasteiger partial charge in [0.2, 0.25) is 0 Å². The molecule has 1 unspecified atom stereocenters. The molecule has 0 spiro atoms. The molecule has 0 aromatic heterocycles. The first kappa shape index (κ1) is 15.2. The lowest BCUT2D eigenvalue weighted by Crippen LogP contribution is -2.25. The number of nitriles is 1. The summed E-state index contributed by atoms with van der Waals surface area (Å²) in [5.74, 6) is -0.322. The number of hydrogen-bond acceptors (Lipinski definition) is 4. The third-order valence-electron chi connectivity index (χ3n) is 3.00. The molecule has 0 saturated carbocycles. The molecule has 0 bridgehead atoms. The summed E-state index contributed by atoms with van der Waals surface area (Å²) in [6, 6.07) is 12.1. The van der Waals surface area contributed by atoms with E-state index >= 15 is 0 Å². The number of nitrogens with zero attached hydrogens (tertiary/aromatic N) is 2. The Morgan fingerprint density at radius 2 is 2.11 bits per heavy atom. The van der Waals surface area contributed by atoms with Crippen LogP contribution in [-0.4, -0.2) is 38.1 Å². The summed E-state index contributed by atoms with van der Waals surface area (Å²) in [6.07, 6.45) is 1.17. The smallest absolute Gasteiger partial charge is 0.305 e. The van der Waals surface area contributed by atoms with Gasteiger partial charge in [-0.25, -0.2) is 0 Å². The van der Waals surface area contributed by atoms with Crippen molar-refractivity contribution in [2.45, 2.75) is 18.8 Å². The van der Waals surface area contributed by atoms with Gasteiger partial charge in [-0.15, -0.1) is 0 Å². The minimum atomic E-state index is -0.187. The minimum Gasteiger partial charge on any atom is -0.469 e. The number of carbonyl (C=O) groups is 1. The second-order valence-corrected chi connectivity index (χ2v) is 4.53. The zero-order chi connectivity index (χ0) is 14.1. The predicted octanol–water partition coefficient (Wildman–Crippen LogP) is 2.18. The van der Waals surface area contributed by atoms with Crippen molar-refractivity contribution in [3.05, 3.63) is 35.9 Å². The van der Waals surface area contributed by atoms with Gasteiger partial charge in [-0.05, 0) is 25.6 Å². The summed E-state index contributed by atoms with van der Waals surface area (Å²) in [5, 5.41) is 9.23. The van der Waals surface area contributed by atoms with E-state index in [1.54, 1.807) is 0 Å². The number of carbonyl (C=O) groups excluding carboxylic acids is 1. The van der Waals surface area contributed by atoms with Gasteiger partial charge in [-0.1, -0.05) is 30.3 Å². The van der Waals surface area contributed by atoms with Crippen LogP contribution in [0.1, 0.15) is 24.3 Å². The highest BCUT2D eigenvalue weighted by molar-refractivity contribution is 5.69. The fourth-order valence-corrected chi connectivity index (χ4v) is 1.90. The van der Waals surface area contributed by atoms with Gasteiger partial charge in [-0.2, -0.15) is 5.26 Å². The van der Waals surface area contributed by atoms with Gasteiger partial charge in [0.1, 0.15) is 0 Å². The van der Waals surface area contributed by atoms with Crippen molar-refractivity contribution in [2.24, 2.45) is 0 Å². The summed E-state index contributed by atoms with van der Waals surface area (Å²) in [6.45, 7) is 1.45. The molecule has 0 radical (unpaired) electrons. The number of likely N-dealkylation sites (N-methyl/N-ethyl adjacent to an activating group) is 1. The lowest BCUT2D eigenvalue weighted by Gasteiger charge is -2.19. The Balaban J connectivity index is 2.40. The molecule has 102 valence electrons. The van der Waals surface area contributed by atoms with Crippen molar-refractivity contribution in [3.63, 3.8) is 0 Å². The molecule has 0 aliphatic heterocycles. The van der Waals surface area contributed by atoms with E-state index in [4.69, 9.17) is 0 Å². The van der Waals surface area contributed by atoms with E-state index < -0.39 is 0 Å². The largest absolute Gasteiger partial charge is 0.469 e. The molecule has 0 aliphatic carbocycles. The Morgan fingerprint density at radius 3 is 2.68 bits per heavy atom.